The van der Waals surface area contributed by atoms with Gasteiger partial charge >= 0.3 is 12.4 Å². The molecule has 0 saturated heterocycles. The van der Waals surface area contributed by atoms with Gasteiger partial charge in [-0.15, -0.1) is 0 Å². The third-order valence-corrected chi connectivity index (χ3v) is 5.12. The molecule has 1 heterocycles. The Labute approximate surface area is 179 Å². The van der Waals surface area contributed by atoms with Gasteiger partial charge in [0.05, 0.1) is 11.6 Å². The Hall–Kier alpha value is -3.29. The van der Waals surface area contributed by atoms with Gasteiger partial charge in [-0.3, -0.25) is 4.79 Å². The van der Waals surface area contributed by atoms with Crippen molar-refractivity contribution in [1.29, 1.82) is 5.26 Å². The topological polar surface area (TPSA) is 77.8 Å². The van der Waals surface area contributed by atoms with Crippen LogP contribution >= 0.6 is 0 Å². The minimum Gasteiger partial charge on any atom is -0.382 e. The molecule has 1 fully saturated rings. The molecule has 1 aliphatic carbocycles. The van der Waals surface area contributed by atoms with Crippen LogP contribution in [0.15, 0.2) is 36.4 Å². The molecule has 2 N–H and O–H groups in total. The summed E-state index contributed by atoms with van der Waals surface area (Å²) in [7, 11) is 0. The van der Waals surface area contributed by atoms with Crippen molar-refractivity contribution in [2.75, 3.05) is 5.32 Å². The van der Waals surface area contributed by atoms with Gasteiger partial charge < -0.3 is 10.6 Å². The smallest absolute Gasteiger partial charge is 0.382 e. The highest BCUT2D eigenvalue weighted by Gasteiger charge is 2.39. The van der Waals surface area contributed by atoms with E-state index in [2.05, 4.69) is 15.6 Å². The van der Waals surface area contributed by atoms with Crippen molar-refractivity contribution in [3.63, 3.8) is 0 Å². The van der Waals surface area contributed by atoms with Crippen LogP contribution in [0.1, 0.15) is 53.0 Å². The Balaban J connectivity index is 1.61. The number of hydrogen-bond donors (Lipinski definition) is 2. The van der Waals surface area contributed by atoms with Gasteiger partial charge in [0.25, 0.3) is 5.91 Å². The average molecular weight is 456 g/mol. The maximum absolute atomic E-state index is 13.0. The summed E-state index contributed by atoms with van der Waals surface area (Å²) in [5.74, 6) is -0.315. The number of nitrogens with one attached hydrogen (secondary N) is 2. The van der Waals surface area contributed by atoms with E-state index in [1.54, 1.807) is 0 Å². The number of rotatable bonds is 4. The number of halogens is 6. The Morgan fingerprint density at radius 2 is 1.41 bits per heavy atom. The van der Waals surface area contributed by atoms with Crippen LogP contribution in [0.5, 0.6) is 0 Å². The number of nitrogens with zero attached hydrogens (tertiary/aromatic N) is 2. The number of pyridine rings is 1. The summed E-state index contributed by atoms with van der Waals surface area (Å²) in [6, 6.07) is 8.66. The number of alkyl halides is 6. The van der Waals surface area contributed by atoms with Gasteiger partial charge in [-0.2, -0.15) is 31.6 Å². The molecule has 170 valence electrons. The number of carbonyl (C=O) groups excluding carboxylic acids is 1. The molecule has 0 radical (unpaired) electrons. The first-order valence-corrected chi connectivity index (χ1v) is 9.70. The SMILES string of the molecule is N#Cc1ccc(C(=O)NC2CCC(Nc3cc(C(F)(F)F)nc(C(F)(F)F)c3)CC2)cc1. The number of hydrogen-bond acceptors (Lipinski definition) is 4. The molecule has 3 rings (SSSR count). The van der Waals surface area contributed by atoms with E-state index in [0.29, 0.717) is 48.9 Å². The van der Waals surface area contributed by atoms with Crippen molar-refractivity contribution in [2.24, 2.45) is 0 Å². The van der Waals surface area contributed by atoms with Crippen molar-refractivity contribution in [3.8, 4) is 6.07 Å². The van der Waals surface area contributed by atoms with E-state index >= 15 is 0 Å². The van der Waals surface area contributed by atoms with Crippen molar-refractivity contribution >= 4 is 11.6 Å². The molecular weight excluding hydrogens is 438 g/mol. The van der Waals surface area contributed by atoms with Crippen molar-refractivity contribution in [1.82, 2.24) is 10.3 Å². The second kappa shape index (κ2) is 9.06. The van der Waals surface area contributed by atoms with Crippen LogP contribution in [0.25, 0.3) is 0 Å². The molecule has 1 amide bonds. The fraction of sp³-hybridized carbons (Fsp3) is 0.381. The lowest BCUT2D eigenvalue weighted by Crippen LogP contribution is -2.40. The largest absolute Gasteiger partial charge is 0.433 e. The van der Waals surface area contributed by atoms with Crippen molar-refractivity contribution in [3.05, 3.63) is 58.9 Å². The predicted octanol–water partition coefficient (Wildman–Crippen LogP) is 5.14. The monoisotopic (exact) mass is 456 g/mol. The number of anilines is 1. The molecule has 1 saturated carbocycles. The lowest BCUT2D eigenvalue weighted by atomic mass is 9.90. The maximum Gasteiger partial charge on any atom is 0.433 e. The summed E-state index contributed by atoms with van der Waals surface area (Å²) in [5.41, 5.74) is -2.71. The van der Waals surface area contributed by atoms with Gasteiger partial charge in [-0.05, 0) is 62.1 Å². The van der Waals surface area contributed by atoms with E-state index < -0.39 is 23.7 Å². The molecule has 5 nitrogen and oxygen atoms in total. The van der Waals surface area contributed by atoms with E-state index in [1.165, 1.54) is 24.3 Å². The van der Waals surface area contributed by atoms with Crippen LogP contribution in [-0.2, 0) is 12.4 Å². The van der Waals surface area contributed by atoms with Crippen LogP contribution in [-0.4, -0.2) is 23.0 Å². The minimum absolute atomic E-state index is 0.176. The van der Waals surface area contributed by atoms with Gasteiger partial charge in [0.2, 0.25) is 0 Å². The number of aromatic nitrogens is 1. The van der Waals surface area contributed by atoms with Crippen LogP contribution in [0.2, 0.25) is 0 Å². The first-order valence-electron chi connectivity index (χ1n) is 9.70. The Morgan fingerprint density at radius 3 is 1.88 bits per heavy atom. The van der Waals surface area contributed by atoms with Gasteiger partial charge in [0.15, 0.2) is 0 Å². The molecule has 0 bridgehead atoms. The third-order valence-electron chi connectivity index (χ3n) is 5.12. The number of nitriles is 1. The fourth-order valence-corrected chi connectivity index (χ4v) is 3.49. The van der Waals surface area contributed by atoms with Crippen LogP contribution < -0.4 is 10.6 Å². The van der Waals surface area contributed by atoms with Crippen LogP contribution in [0.3, 0.4) is 0 Å². The second-order valence-electron chi connectivity index (χ2n) is 7.48. The third kappa shape index (κ3) is 5.90. The summed E-state index contributed by atoms with van der Waals surface area (Å²) in [6.45, 7) is 0. The summed E-state index contributed by atoms with van der Waals surface area (Å²) in [5, 5.41) is 14.4. The number of amides is 1. The minimum atomic E-state index is -5.01. The fourth-order valence-electron chi connectivity index (χ4n) is 3.49. The van der Waals surface area contributed by atoms with Crippen molar-refractivity contribution in [2.45, 2.75) is 50.1 Å². The molecule has 0 atom stereocenters. The van der Waals surface area contributed by atoms with E-state index in [0.717, 1.165) is 0 Å². The Morgan fingerprint density at radius 1 is 0.906 bits per heavy atom. The molecule has 1 aromatic carbocycles. The highest BCUT2D eigenvalue weighted by Crippen LogP contribution is 2.35. The van der Waals surface area contributed by atoms with Gasteiger partial charge in [-0.25, -0.2) is 4.98 Å². The van der Waals surface area contributed by atoms with E-state index in [1.807, 2.05) is 6.07 Å². The lowest BCUT2D eigenvalue weighted by Gasteiger charge is -2.30. The molecule has 0 unspecified atom stereocenters. The zero-order chi connectivity index (χ0) is 23.5. The number of benzene rings is 1. The Kier molecular flexibility index (Phi) is 6.62. The Bertz CT molecular complexity index is 971. The van der Waals surface area contributed by atoms with E-state index in [4.69, 9.17) is 5.26 Å². The van der Waals surface area contributed by atoms with Gasteiger partial charge in [-0.1, -0.05) is 0 Å². The molecule has 2 aromatic rings. The van der Waals surface area contributed by atoms with Crippen LogP contribution in [0.4, 0.5) is 32.0 Å². The van der Waals surface area contributed by atoms with E-state index in [-0.39, 0.29) is 23.7 Å². The summed E-state index contributed by atoms with van der Waals surface area (Å²) >= 11 is 0. The molecule has 32 heavy (non-hydrogen) atoms. The predicted molar refractivity (Wildman–Crippen MR) is 103 cm³/mol. The molecule has 0 aliphatic heterocycles. The second-order valence-corrected chi connectivity index (χ2v) is 7.48. The number of carbonyl (C=O) groups is 1. The van der Waals surface area contributed by atoms with Gasteiger partial charge in [0, 0.05) is 23.3 Å². The summed E-state index contributed by atoms with van der Waals surface area (Å²) < 4.78 is 77.7. The first kappa shape index (κ1) is 23.4. The summed E-state index contributed by atoms with van der Waals surface area (Å²) in [4.78, 5) is 15.0. The highest BCUT2D eigenvalue weighted by atomic mass is 19.4. The van der Waals surface area contributed by atoms with Crippen molar-refractivity contribution < 1.29 is 31.1 Å². The quantitative estimate of drug-likeness (QED) is 0.625. The summed E-state index contributed by atoms with van der Waals surface area (Å²) in [6.07, 6.45) is -8.12. The molecule has 1 aromatic heterocycles. The lowest BCUT2D eigenvalue weighted by molar-refractivity contribution is -0.150. The molecular formula is C21H18F6N4O. The average Bonchev–Trinajstić information content (AvgIpc) is 2.73. The highest BCUT2D eigenvalue weighted by molar-refractivity contribution is 5.94. The maximum atomic E-state index is 13.0. The molecule has 0 spiro atoms. The molecule has 11 heteroatoms. The first-order chi connectivity index (χ1) is 15.0. The van der Waals surface area contributed by atoms with E-state index in [9.17, 15) is 31.1 Å². The zero-order valence-electron chi connectivity index (χ0n) is 16.5. The zero-order valence-corrected chi connectivity index (χ0v) is 16.5. The molecule has 1 aliphatic rings. The van der Waals surface area contributed by atoms with Crippen LogP contribution in [0, 0.1) is 11.3 Å². The van der Waals surface area contributed by atoms with Gasteiger partial charge in [0.1, 0.15) is 11.4 Å². The normalized spacial score (nSPS) is 19.2. The standard InChI is InChI=1S/C21H18F6N4O/c22-20(23,24)17-9-16(10-18(31-17)21(25,26)27)29-14-5-7-15(8-6-14)30-19(32)13-3-1-12(11-28)2-4-13/h1-4,9-10,14-15H,5-8H2,(H,29,31)(H,30,32).